The van der Waals surface area contributed by atoms with E-state index in [0.29, 0.717) is 12.5 Å². The van der Waals surface area contributed by atoms with E-state index in [1.54, 1.807) is 14.2 Å². The maximum atomic E-state index is 5.61. The second kappa shape index (κ2) is 9.09. The molecular weight excluding hydrogens is 192 g/mol. The van der Waals surface area contributed by atoms with Gasteiger partial charge in [-0.3, -0.25) is 4.90 Å². The van der Waals surface area contributed by atoms with Crippen LogP contribution < -0.4 is 5.73 Å². The Morgan fingerprint density at radius 3 is 2.27 bits per heavy atom. The fourth-order valence-electron chi connectivity index (χ4n) is 1.53. The number of nitrogens with zero attached hydrogens (tertiary/aromatic N) is 1. The summed E-state index contributed by atoms with van der Waals surface area (Å²) in [7, 11) is 3.44. The summed E-state index contributed by atoms with van der Waals surface area (Å²) in [5.41, 5.74) is 5.61. The van der Waals surface area contributed by atoms with E-state index in [1.807, 2.05) is 0 Å². The molecule has 0 saturated carbocycles. The van der Waals surface area contributed by atoms with Crippen LogP contribution in [0.15, 0.2) is 0 Å². The lowest BCUT2D eigenvalue weighted by Gasteiger charge is -2.27. The Kier molecular flexibility index (Phi) is 9.00. The van der Waals surface area contributed by atoms with Crippen LogP contribution in [0.2, 0.25) is 0 Å². The van der Waals surface area contributed by atoms with E-state index < -0.39 is 0 Å². The second-order valence-corrected chi connectivity index (χ2v) is 4.24. The maximum Gasteiger partial charge on any atom is 0.0820 e. The molecule has 4 heteroatoms. The number of rotatable bonds is 9. The van der Waals surface area contributed by atoms with Gasteiger partial charge in [-0.15, -0.1) is 0 Å². The molecule has 15 heavy (non-hydrogen) atoms. The highest BCUT2D eigenvalue weighted by Crippen LogP contribution is 2.01. The Labute approximate surface area is 93.7 Å². The molecule has 1 atom stereocenters. The van der Waals surface area contributed by atoms with Crippen molar-refractivity contribution in [1.82, 2.24) is 4.90 Å². The molecule has 1 unspecified atom stereocenters. The summed E-state index contributed by atoms with van der Waals surface area (Å²) in [4.78, 5) is 2.34. The van der Waals surface area contributed by atoms with Crippen LogP contribution in [-0.4, -0.2) is 58.0 Å². The molecule has 0 amide bonds. The lowest BCUT2D eigenvalue weighted by Crippen LogP contribution is -2.41. The zero-order chi connectivity index (χ0) is 11.7. The van der Waals surface area contributed by atoms with Gasteiger partial charge in [0, 0.05) is 40.4 Å². The van der Waals surface area contributed by atoms with E-state index >= 15 is 0 Å². The van der Waals surface area contributed by atoms with E-state index in [-0.39, 0.29) is 6.10 Å². The Balaban J connectivity index is 3.97. The Morgan fingerprint density at radius 2 is 1.87 bits per heavy atom. The van der Waals surface area contributed by atoms with Crippen molar-refractivity contribution in [2.45, 2.75) is 20.0 Å². The SMILES string of the molecule is COCCN(CC(C)C)CC(CN)OC. The Hall–Kier alpha value is -0.160. The molecule has 0 aliphatic heterocycles. The summed E-state index contributed by atoms with van der Waals surface area (Å²) >= 11 is 0. The second-order valence-electron chi connectivity index (χ2n) is 4.24. The monoisotopic (exact) mass is 218 g/mol. The van der Waals surface area contributed by atoms with E-state index in [9.17, 15) is 0 Å². The molecule has 2 N–H and O–H groups in total. The van der Waals surface area contributed by atoms with Gasteiger partial charge in [-0.2, -0.15) is 0 Å². The number of ether oxygens (including phenoxy) is 2. The Morgan fingerprint density at radius 1 is 1.20 bits per heavy atom. The highest BCUT2D eigenvalue weighted by atomic mass is 16.5. The minimum atomic E-state index is 0.126. The fraction of sp³-hybridized carbons (Fsp3) is 1.00. The van der Waals surface area contributed by atoms with Gasteiger partial charge in [0.2, 0.25) is 0 Å². The quantitative estimate of drug-likeness (QED) is 0.614. The van der Waals surface area contributed by atoms with Crippen molar-refractivity contribution in [1.29, 1.82) is 0 Å². The topological polar surface area (TPSA) is 47.7 Å². The summed E-state index contributed by atoms with van der Waals surface area (Å²) in [6, 6.07) is 0. The first-order chi connectivity index (χ1) is 7.13. The molecule has 0 heterocycles. The van der Waals surface area contributed by atoms with Crippen LogP contribution in [0, 0.1) is 5.92 Å². The van der Waals surface area contributed by atoms with Crippen LogP contribution in [0.25, 0.3) is 0 Å². The number of hydrogen-bond acceptors (Lipinski definition) is 4. The molecule has 0 aromatic heterocycles. The average molecular weight is 218 g/mol. The molecule has 0 aromatic rings. The normalized spacial score (nSPS) is 13.8. The molecule has 0 aliphatic rings. The lowest BCUT2D eigenvalue weighted by molar-refractivity contribution is 0.0542. The molecule has 92 valence electrons. The molecule has 0 aliphatic carbocycles. The van der Waals surface area contributed by atoms with Gasteiger partial charge in [-0.1, -0.05) is 13.8 Å². The van der Waals surface area contributed by atoms with Crippen molar-refractivity contribution >= 4 is 0 Å². The molecule has 0 rings (SSSR count). The van der Waals surface area contributed by atoms with E-state index in [4.69, 9.17) is 15.2 Å². The first kappa shape index (κ1) is 14.8. The largest absolute Gasteiger partial charge is 0.383 e. The smallest absolute Gasteiger partial charge is 0.0820 e. The molecule has 0 radical (unpaired) electrons. The third-order valence-corrected chi connectivity index (χ3v) is 2.29. The van der Waals surface area contributed by atoms with Gasteiger partial charge in [0.15, 0.2) is 0 Å². The van der Waals surface area contributed by atoms with Crippen LogP contribution in [0.3, 0.4) is 0 Å². The summed E-state index contributed by atoms with van der Waals surface area (Å²) in [6.07, 6.45) is 0.126. The van der Waals surface area contributed by atoms with Gasteiger partial charge in [0.05, 0.1) is 12.7 Å². The average Bonchev–Trinajstić information content (AvgIpc) is 2.21. The van der Waals surface area contributed by atoms with Crippen molar-refractivity contribution in [3.05, 3.63) is 0 Å². The van der Waals surface area contributed by atoms with Gasteiger partial charge in [-0.25, -0.2) is 0 Å². The van der Waals surface area contributed by atoms with Crippen LogP contribution >= 0.6 is 0 Å². The molecule has 0 bridgehead atoms. The maximum absolute atomic E-state index is 5.61. The van der Waals surface area contributed by atoms with Crippen molar-refractivity contribution < 1.29 is 9.47 Å². The molecular formula is C11H26N2O2. The van der Waals surface area contributed by atoms with Gasteiger partial charge < -0.3 is 15.2 Å². The zero-order valence-electron chi connectivity index (χ0n) is 10.5. The van der Waals surface area contributed by atoms with Gasteiger partial charge in [0.1, 0.15) is 0 Å². The fourth-order valence-corrected chi connectivity index (χ4v) is 1.53. The van der Waals surface area contributed by atoms with Crippen molar-refractivity contribution in [3.8, 4) is 0 Å². The third-order valence-electron chi connectivity index (χ3n) is 2.29. The summed E-state index contributed by atoms with van der Waals surface area (Å²) < 4.78 is 10.4. The number of nitrogens with two attached hydrogens (primary N) is 1. The van der Waals surface area contributed by atoms with E-state index in [0.717, 1.165) is 26.2 Å². The first-order valence-electron chi connectivity index (χ1n) is 5.58. The van der Waals surface area contributed by atoms with E-state index in [2.05, 4.69) is 18.7 Å². The van der Waals surface area contributed by atoms with Crippen molar-refractivity contribution in [2.75, 3.05) is 47.0 Å². The molecule has 0 spiro atoms. The van der Waals surface area contributed by atoms with Gasteiger partial charge in [-0.05, 0) is 5.92 Å². The van der Waals surface area contributed by atoms with Crippen LogP contribution in [0.5, 0.6) is 0 Å². The van der Waals surface area contributed by atoms with Gasteiger partial charge >= 0.3 is 0 Å². The minimum Gasteiger partial charge on any atom is -0.383 e. The first-order valence-corrected chi connectivity index (χ1v) is 5.58. The predicted octanol–water partition coefficient (Wildman–Crippen LogP) is 0.565. The molecule has 4 nitrogen and oxygen atoms in total. The molecule has 0 fully saturated rings. The van der Waals surface area contributed by atoms with Crippen molar-refractivity contribution in [3.63, 3.8) is 0 Å². The summed E-state index contributed by atoms with van der Waals surface area (Å²) in [5.74, 6) is 0.650. The highest BCUT2D eigenvalue weighted by Gasteiger charge is 2.13. The Bertz CT molecular complexity index is 139. The van der Waals surface area contributed by atoms with Crippen LogP contribution in [-0.2, 0) is 9.47 Å². The van der Waals surface area contributed by atoms with E-state index in [1.165, 1.54) is 0 Å². The predicted molar refractivity (Wildman–Crippen MR) is 63.0 cm³/mol. The minimum absolute atomic E-state index is 0.126. The number of methoxy groups -OCH3 is 2. The number of hydrogen-bond donors (Lipinski definition) is 1. The third kappa shape index (κ3) is 7.73. The van der Waals surface area contributed by atoms with Crippen LogP contribution in [0.4, 0.5) is 0 Å². The molecule has 0 saturated heterocycles. The lowest BCUT2D eigenvalue weighted by atomic mass is 10.2. The van der Waals surface area contributed by atoms with Crippen LogP contribution in [0.1, 0.15) is 13.8 Å². The highest BCUT2D eigenvalue weighted by molar-refractivity contribution is 4.67. The van der Waals surface area contributed by atoms with Crippen molar-refractivity contribution in [2.24, 2.45) is 11.7 Å². The summed E-state index contributed by atoms with van der Waals surface area (Å²) in [6.45, 7) is 8.63. The standard InChI is InChI=1S/C11H26N2O2/c1-10(2)8-13(5-6-14-3)9-11(7-12)15-4/h10-11H,5-9,12H2,1-4H3. The zero-order valence-corrected chi connectivity index (χ0v) is 10.5. The summed E-state index contributed by atoms with van der Waals surface area (Å²) in [5, 5.41) is 0. The van der Waals surface area contributed by atoms with Gasteiger partial charge in [0.25, 0.3) is 0 Å². The molecule has 0 aromatic carbocycles.